The van der Waals surface area contributed by atoms with Crippen molar-refractivity contribution in [1.29, 1.82) is 0 Å². The van der Waals surface area contributed by atoms with Crippen LogP contribution >= 0.6 is 0 Å². The molecule has 20 nitrogen and oxygen atoms in total. The number of amides is 2. The van der Waals surface area contributed by atoms with Crippen LogP contribution in [0.15, 0.2) is 24.3 Å². The second-order valence-corrected chi connectivity index (χ2v) is 16.1. The zero-order valence-corrected chi connectivity index (χ0v) is 37.6. The number of hydroxylamine groups is 2. The van der Waals surface area contributed by atoms with Gasteiger partial charge < -0.3 is 50.0 Å². The van der Waals surface area contributed by atoms with Crippen molar-refractivity contribution in [3.63, 3.8) is 0 Å². The number of nitrogens with zero attached hydrogens (tertiary/aromatic N) is 2. The molecule has 0 unspecified atom stereocenters. The van der Waals surface area contributed by atoms with Crippen LogP contribution in [0.4, 0.5) is 0 Å². The van der Waals surface area contributed by atoms with Gasteiger partial charge in [0.05, 0.1) is 39.5 Å². The summed E-state index contributed by atoms with van der Waals surface area (Å²) in [4.78, 5) is 60.3. The third-order valence-corrected chi connectivity index (χ3v) is 11.8. The van der Waals surface area contributed by atoms with Crippen LogP contribution in [0.5, 0.6) is 11.5 Å². The van der Waals surface area contributed by atoms with Gasteiger partial charge in [-0.2, -0.15) is 0 Å². The topological polar surface area (TPSA) is 298 Å². The van der Waals surface area contributed by atoms with Crippen molar-refractivity contribution < 1.29 is 138 Å². The number of carboxylic acid groups (broad SMARTS) is 2. The van der Waals surface area contributed by atoms with E-state index in [1.54, 1.807) is 12.1 Å². The first kappa shape index (κ1) is 48.7. The molecule has 316 valence electrons. The Hall–Kier alpha value is -2.35. The molecule has 2 aromatic carbocycles. The molecule has 10 N–H and O–H groups in total. The molecular weight excluding hydrogens is 812 g/mol. The fraction of sp³-hybridized carbons (Fsp3) is 0.556. The number of aromatic carboxylic acids is 2. The molecule has 0 aromatic heterocycles. The molecule has 4 heterocycles. The molecule has 2 aliphatic carbocycles. The number of ether oxygens (including phenoxy) is 2. The number of hydrogen-bond acceptors (Lipinski definition) is 16. The molecule has 6 aliphatic rings. The average Bonchev–Trinajstić information content (AvgIpc) is 4.04. The van der Waals surface area contributed by atoms with E-state index >= 15 is 0 Å². The zero-order valence-electron chi connectivity index (χ0n) is 33.6. The van der Waals surface area contributed by atoms with Crippen LogP contribution in [0.25, 0.3) is 0 Å². The summed E-state index contributed by atoms with van der Waals surface area (Å²) in [5.74, 6) is -2.92. The van der Waals surface area contributed by atoms with Crippen LogP contribution in [0.2, 0.25) is 11.6 Å². The predicted octanol–water partition coefficient (Wildman–Crippen LogP) is -8.26. The second-order valence-electron chi connectivity index (χ2n) is 16.1. The smallest absolute Gasteiger partial charge is 0.583 e. The van der Waals surface area contributed by atoms with Crippen molar-refractivity contribution in [3.05, 3.63) is 57.6 Å². The molecular formula is C36H48B2N4Na2O16. The van der Waals surface area contributed by atoms with Gasteiger partial charge in [-0.15, -0.1) is 11.6 Å². The van der Waals surface area contributed by atoms with Gasteiger partial charge in [-0.25, -0.2) is 20.5 Å². The van der Waals surface area contributed by atoms with Crippen LogP contribution in [0.3, 0.4) is 0 Å². The summed E-state index contributed by atoms with van der Waals surface area (Å²) in [6.45, 7) is -3.55. The third-order valence-electron chi connectivity index (χ3n) is 11.8. The molecule has 0 spiro atoms. The van der Waals surface area contributed by atoms with Crippen LogP contribution < -0.4 is 79.5 Å². The maximum Gasteiger partial charge on any atom is 1.00 e. The van der Waals surface area contributed by atoms with Gasteiger partial charge in [-0.1, -0.05) is 48.7 Å². The number of hydrogen-bond donors (Lipinski definition) is 10. The Morgan fingerprint density at radius 2 is 1.00 bits per heavy atom. The van der Waals surface area contributed by atoms with E-state index in [1.165, 1.54) is 0 Å². The first-order valence-electron chi connectivity index (χ1n) is 19.4. The number of likely N-dealkylation sites (tertiary alicyclic amines) is 2. The summed E-state index contributed by atoms with van der Waals surface area (Å²) in [6.07, 6.45) is 0.656. The third kappa shape index (κ3) is 10.9. The number of nitrogens with one attached hydrogen (secondary N) is 2. The first-order chi connectivity index (χ1) is 27.6. The number of carboxylic acids is 2. The number of aliphatic hydroxyl groups is 2. The van der Waals surface area contributed by atoms with Gasteiger partial charge in [0.1, 0.15) is 34.8 Å². The summed E-state index contributed by atoms with van der Waals surface area (Å²) in [6, 6.07) is 6.94. The minimum atomic E-state index is -2.59. The molecule has 60 heavy (non-hydrogen) atoms. The molecule has 4 fully saturated rings. The molecule has 0 bridgehead atoms. The SMILES string of the molecule is O=C(CN1CC(Oc2ccc3c(c2C(=O)O)C[B-](O)(O)[C@@H]2C[C@H]32)C1)NOCCO.O=C(CN1CC(Oc2ccc3c(c2C(=O)O)C[B-](O)(O)[C@@H]2C[C@H]32)C1)NOCCO.[Na+].[Na+]. The Morgan fingerprint density at radius 1 is 0.633 bits per heavy atom. The quantitative estimate of drug-likeness (QED) is 0.0426. The Balaban J connectivity index is 0.000000220. The van der Waals surface area contributed by atoms with Crippen molar-refractivity contribution in [2.45, 2.75) is 61.2 Å². The largest absolute Gasteiger partial charge is 1.00 e. The summed E-state index contributed by atoms with van der Waals surface area (Å²) < 4.78 is 11.7. The summed E-state index contributed by atoms with van der Waals surface area (Å²) in [5.41, 5.74) is 7.07. The number of rotatable bonds is 16. The minimum absolute atomic E-state index is 0. The molecule has 0 radical (unpaired) electrons. The van der Waals surface area contributed by atoms with Gasteiger partial charge in [-0.05, 0) is 35.1 Å². The van der Waals surface area contributed by atoms with Gasteiger partial charge >= 0.3 is 71.1 Å². The van der Waals surface area contributed by atoms with E-state index in [2.05, 4.69) is 11.0 Å². The first-order valence-corrected chi connectivity index (χ1v) is 19.4. The van der Waals surface area contributed by atoms with Crippen molar-refractivity contribution >= 4 is 36.9 Å². The summed E-state index contributed by atoms with van der Waals surface area (Å²) >= 11 is 0. The fourth-order valence-corrected chi connectivity index (χ4v) is 8.95. The summed E-state index contributed by atoms with van der Waals surface area (Å²) in [5, 5.41) is 77.8. The van der Waals surface area contributed by atoms with Gasteiger partial charge in [-0.3, -0.25) is 29.1 Å². The Bertz CT molecular complexity index is 1800. The molecule has 2 aromatic rings. The van der Waals surface area contributed by atoms with Gasteiger partial charge in [0, 0.05) is 26.2 Å². The number of fused-ring (bicyclic) bond motifs is 6. The average molecular weight is 860 g/mol. The van der Waals surface area contributed by atoms with Crippen molar-refractivity contribution in [1.82, 2.24) is 20.8 Å². The number of benzene rings is 2. The van der Waals surface area contributed by atoms with Crippen molar-refractivity contribution in [2.24, 2.45) is 0 Å². The van der Waals surface area contributed by atoms with E-state index in [4.69, 9.17) is 29.4 Å². The van der Waals surface area contributed by atoms with E-state index in [1.807, 2.05) is 21.9 Å². The zero-order chi connectivity index (χ0) is 41.5. The molecule has 2 saturated heterocycles. The van der Waals surface area contributed by atoms with Crippen molar-refractivity contribution in [3.8, 4) is 11.5 Å². The normalized spacial score (nSPS) is 24.0. The predicted molar refractivity (Wildman–Crippen MR) is 201 cm³/mol. The fourth-order valence-electron chi connectivity index (χ4n) is 8.95. The van der Waals surface area contributed by atoms with E-state index < -0.39 is 25.0 Å². The maximum absolute atomic E-state index is 11.9. The van der Waals surface area contributed by atoms with Gasteiger partial charge in [0.2, 0.25) is 13.1 Å². The number of aliphatic hydroxyl groups excluding tert-OH is 2. The number of carbonyl (C=O) groups is 4. The molecule has 2 amide bonds. The molecule has 4 atom stereocenters. The van der Waals surface area contributed by atoms with Gasteiger partial charge in [0.25, 0.3) is 11.8 Å². The Kier molecular flexibility index (Phi) is 16.2. The molecule has 2 saturated carbocycles. The molecule has 4 aliphatic heterocycles. The molecule has 8 rings (SSSR count). The monoisotopic (exact) mass is 860 g/mol. The van der Waals surface area contributed by atoms with E-state index in [-0.39, 0.29) is 181 Å². The summed E-state index contributed by atoms with van der Waals surface area (Å²) in [7, 11) is 0. The second kappa shape index (κ2) is 20.0. The minimum Gasteiger partial charge on any atom is -0.583 e. The Labute approximate surface area is 388 Å². The van der Waals surface area contributed by atoms with Crippen molar-refractivity contribution in [2.75, 3.05) is 65.7 Å². The van der Waals surface area contributed by atoms with Crippen LogP contribution in [-0.2, 0) is 31.9 Å². The van der Waals surface area contributed by atoms with E-state index in [0.717, 1.165) is 11.1 Å². The van der Waals surface area contributed by atoms with Crippen LogP contribution in [0, 0.1) is 0 Å². The number of carbonyl (C=O) groups excluding carboxylic acids is 2. The van der Waals surface area contributed by atoms with Crippen LogP contribution in [-0.4, -0.2) is 165 Å². The maximum atomic E-state index is 11.9. The molecule has 24 heteroatoms. The van der Waals surface area contributed by atoms with E-state index in [9.17, 15) is 49.5 Å². The van der Waals surface area contributed by atoms with Gasteiger partial charge in [0.15, 0.2) is 0 Å². The van der Waals surface area contributed by atoms with Crippen LogP contribution in [0.1, 0.15) is 67.6 Å². The standard InChI is InChI=1S/2C18H24BN2O8.2Na/c2*22-3-4-28-20-16(23)9-21-7-10(8-21)29-15-2-1-11-12-5-14(12)19(26,27)6-13(11)17(15)18(24)25;;/h2*1-2,10,12,14,22,26-27H,3-9H2,(H,20,23)(H,24,25);;/q2*-1;2*+1/t2*12-,14-;;/m11../s1. The Morgan fingerprint density at radius 3 is 1.33 bits per heavy atom. The van der Waals surface area contributed by atoms with E-state index in [0.29, 0.717) is 50.1 Å².